The minimum atomic E-state index is -0.641. The lowest BCUT2D eigenvalue weighted by atomic mass is 10.3. The van der Waals surface area contributed by atoms with Gasteiger partial charge in [-0.3, -0.25) is 9.48 Å². The number of carbonyl (C=O) groups excluding carboxylic acids is 2. The first-order valence-electron chi connectivity index (χ1n) is 8.49. The van der Waals surface area contributed by atoms with Crippen molar-refractivity contribution in [2.75, 3.05) is 12.4 Å². The molecule has 1 N–H and O–H groups in total. The molecule has 0 aliphatic heterocycles. The maximum Gasteiger partial charge on any atom is 0.360 e. The van der Waals surface area contributed by atoms with E-state index >= 15 is 0 Å². The molecule has 152 valence electrons. The number of halogens is 2. The maximum absolute atomic E-state index is 12.5. The van der Waals surface area contributed by atoms with Crippen molar-refractivity contribution in [2.45, 2.75) is 20.2 Å². The second kappa shape index (κ2) is 9.10. The van der Waals surface area contributed by atoms with Gasteiger partial charge in [-0.2, -0.15) is 10.2 Å². The number of esters is 1. The van der Waals surface area contributed by atoms with Crippen molar-refractivity contribution in [3.05, 3.63) is 57.5 Å². The van der Waals surface area contributed by atoms with E-state index in [4.69, 9.17) is 21.1 Å². The average Bonchev–Trinajstić information content (AvgIpc) is 3.33. The lowest BCUT2D eigenvalue weighted by Gasteiger charge is -2.08. The van der Waals surface area contributed by atoms with Gasteiger partial charge in [-0.15, -0.1) is 0 Å². The molecule has 0 spiro atoms. The summed E-state index contributed by atoms with van der Waals surface area (Å²) in [6.07, 6.45) is 3.15. The van der Waals surface area contributed by atoms with E-state index in [2.05, 4.69) is 31.4 Å². The van der Waals surface area contributed by atoms with Crippen molar-refractivity contribution >= 4 is 45.1 Å². The van der Waals surface area contributed by atoms with Crippen LogP contribution in [0.1, 0.15) is 27.9 Å². The Kier molecular flexibility index (Phi) is 6.55. The largest absolute Gasteiger partial charge is 0.470 e. The van der Waals surface area contributed by atoms with Gasteiger partial charge in [0, 0.05) is 23.4 Å². The summed E-state index contributed by atoms with van der Waals surface area (Å²) in [7, 11) is 1.25. The van der Waals surface area contributed by atoms with Crippen molar-refractivity contribution < 1.29 is 19.1 Å². The van der Waals surface area contributed by atoms with Gasteiger partial charge in [0.05, 0.1) is 17.8 Å². The molecular formula is C18H17BrClN5O4. The Bertz CT molecular complexity index is 1050. The van der Waals surface area contributed by atoms with Gasteiger partial charge in [-0.25, -0.2) is 9.48 Å². The molecule has 2 heterocycles. The lowest BCUT2D eigenvalue weighted by molar-refractivity contribution is 0.0594. The lowest BCUT2D eigenvalue weighted by Crippen LogP contribution is -2.16. The highest BCUT2D eigenvalue weighted by atomic mass is 79.9. The Labute approximate surface area is 179 Å². The summed E-state index contributed by atoms with van der Waals surface area (Å²) < 4.78 is 14.1. The molecular weight excluding hydrogens is 466 g/mol. The number of methoxy groups -OCH3 is 1. The van der Waals surface area contributed by atoms with Crippen LogP contribution in [0.2, 0.25) is 5.02 Å². The average molecular weight is 483 g/mol. The third kappa shape index (κ3) is 4.96. The van der Waals surface area contributed by atoms with Crippen molar-refractivity contribution in [3.8, 4) is 5.75 Å². The summed E-state index contributed by atoms with van der Waals surface area (Å²) in [5, 5.41) is 11.4. The number of anilines is 1. The molecule has 3 aromatic rings. The molecule has 1 aromatic carbocycles. The quantitative estimate of drug-likeness (QED) is 0.517. The molecule has 0 fully saturated rings. The third-order valence-electron chi connectivity index (χ3n) is 3.83. The van der Waals surface area contributed by atoms with E-state index in [0.29, 0.717) is 17.3 Å². The standard InChI is InChI=1S/C18H17BrClN5O4/c1-3-24-9-14(16(23-24)18(27)28-2)21-17(26)13-6-7-25(22-13)10-29-15-5-4-11(19)8-12(15)20/h4-9H,3,10H2,1-2H3,(H,21,26). The molecule has 0 unspecified atom stereocenters. The Morgan fingerprint density at radius 3 is 2.72 bits per heavy atom. The Balaban J connectivity index is 1.68. The predicted octanol–water partition coefficient (Wildman–Crippen LogP) is 3.59. The fraction of sp³-hybridized carbons (Fsp3) is 0.222. The summed E-state index contributed by atoms with van der Waals surface area (Å²) in [5.74, 6) is -0.643. The van der Waals surface area contributed by atoms with E-state index in [0.717, 1.165) is 4.47 Å². The molecule has 0 atom stereocenters. The van der Waals surface area contributed by atoms with Crippen LogP contribution in [-0.2, 0) is 18.0 Å². The molecule has 0 saturated carbocycles. The molecule has 9 nitrogen and oxygen atoms in total. The fourth-order valence-corrected chi connectivity index (χ4v) is 3.12. The highest BCUT2D eigenvalue weighted by molar-refractivity contribution is 9.10. The zero-order chi connectivity index (χ0) is 21.0. The molecule has 0 aliphatic carbocycles. The van der Waals surface area contributed by atoms with E-state index in [9.17, 15) is 9.59 Å². The van der Waals surface area contributed by atoms with E-state index in [1.807, 2.05) is 6.92 Å². The number of nitrogens with one attached hydrogen (secondary N) is 1. The summed E-state index contributed by atoms with van der Waals surface area (Å²) >= 11 is 9.44. The number of aromatic nitrogens is 4. The van der Waals surface area contributed by atoms with Crippen molar-refractivity contribution in [1.82, 2.24) is 19.6 Å². The van der Waals surface area contributed by atoms with Gasteiger partial charge in [0.25, 0.3) is 5.91 Å². The van der Waals surface area contributed by atoms with Crippen molar-refractivity contribution in [3.63, 3.8) is 0 Å². The Morgan fingerprint density at radius 2 is 2.03 bits per heavy atom. The first-order valence-corrected chi connectivity index (χ1v) is 9.66. The monoisotopic (exact) mass is 481 g/mol. The number of ether oxygens (including phenoxy) is 2. The minimum absolute atomic E-state index is 0.0235. The number of benzene rings is 1. The molecule has 2 aromatic heterocycles. The van der Waals surface area contributed by atoms with Gasteiger partial charge in [0.2, 0.25) is 0 Å². The number of rotatable bonds is 7. The van der Waals surface area contributed by atoms with Crippen LogP contribution >= 0.6 is 27.5 Å². The first-order chi connectivity index (χ1) is 13.9. The zero-order valence-corrected chi connectivity index (χ0v) is 17.9. The smallest absolute Gasteiger partial charge is 0.360 e. The van der Waals surface area contributed by atoms with E-state index in [1.54, 1.807) is 30.6 Å². The number of aryl methyl sites for hydroxylation is 1. The molecule has 11 heteroatoms. The number of hydrogen-bond donors (Lipinski definition) is 1. The topological polar surface area (TPSA) is 100 Å². The Morgan fingerprint density at radius 1 is 1.24 bits per heavy atom. The van der Waals surface area contributed by atoms with E-state index < -0.39 is 11.9 Å². The van der Waals surface area contributed by atoms with Gasteiger partial charge < -0.3 is 14.8 Å². The predicted molar refractivity (Wildman–Crippen MR) is 109 cm³/mol. The SMILES string of the molecule is CCn1cc(NC(=O)c2ccn(COc3ccc(Br)cc3Cl)n2)c(C(=O)OC)n1. The molecule has 0 bridgehead atoms. The van der Waals surface area contributed by atoms with Crippen LogP contribution in [0.15, 0.2) is 41.1 Å². The van der Waals surface area contributed by atoms with Gasteiger partial charge in [-0.05, 0) is 31.2 Å². The van der Waals surface area contributed by atoms with Gasteiger partial charge >= 0.3 is 5.97 Å². The number of carbonyl (C=O) groups is 2. The van der Waals surface area contributed by atoms with Gasteiger partial charge in [0.15, 0.2) is 18.1 Å². The molecule has 0 radical (unpaired) electrons. The molecule has 0 aliphatic rings. The van der Waals surface area contributed by atoms with Crippen LogP contribution in [0, 0.1) is 0 Å². The summed E-state index contributed by atoms with van der Waals surface area (Å²) in [6.45, 7) is 2.46. The highest BCUT2D eigenvalue weighted by Gasteiger charge is 2.20. The van der Waals surface area contributed by atoms with E-state index in [-0.39, 0.29) is 23.8 Å². The third-order valence-corrected chi connectivity index (χ3v) is 4.62. The summed E-state index contributed by atoms with van der Waals surface area (Å²) in [4.78, 5) is 24.4. The summed E-state index contributed by atoms with van der Waals surface area (Å²) in [6, 6.07) is 6.78. The van der Waals surface area contributed by atoms with Crippen molar-refractivity contribution in [2.24, 2.45) is 0 Å². The van der Waals surface area contributed by atoms with Crippen LogP contribution in [0.3, 0.4) is 0 Å². The van der Waals surface area contributed by atoms with Gasteiger partial charge in [-0.1, -0.05) is 27.5 Å². The number of amides is 1. The zero-order valence-electron chi connectivity index (χ0n) is 15.6. The molecule has 0 saturated heterocycles. The second-order valence-corrected chi connectivity index (χ2v) is 7.10. The van der Waals surface area contributed by atoms with Crippen molar-refractivity contribution in [1.29, 1.82) is 0 Å². The van der Waals surface area contributed by atoms with Crippen LogP contribution < -0.4 is 10.1 Å². The van der Waals surface area contributed by atoms with Crippen LogP contribution in [0.5, 0.6) is 5.75 Å². The van der Waals surface area contributed by atoms with Crippen LogP contribution in [0.25, 0.3) is 0 Å². The highest BCUT2D eigenvalue weighted by Crippen LogP contribution is 2.27. The maximum atomic E-state index is 12.5. The van der Waals surface area contributed by atoms with Crippen LogP contribution in [-0.4, -0.2) is 38.5 Å². The number of hydrogen-bond acceptors (Lipinski definition) is 6. The number of nitrogens with zero attached hydrogens (tertiary/aromatic N) is 4. The normalized spacial score (nSPS) is 10.6. The Hall–Kier alpha value is -2.85. The molecule has 29 heavy (non-hydrogen) atoms. The minimum Gasteiger partial charge on any atom is -0.470 e. The van der Waals surface area contributed by atoms with Gasteiger partial charge in [0.1, 0.15) is 5.75 Å². The molecule has 3 rings (SSSR count). The second-order valence-electron chi connectivity index (χ2n) is 5.78. The van der Waals surface area contributed by atoms with Crippen LogP contribution in [0.4, 0.5) is 5.69 Å². The molecule has 1 amide bonds. The van der Waals surface area contributed by atoms with E-state index in [1.165, 1.54) is 22.5 Å². The fourth-order valence-electron chi connectivity index (χ4n) is 2.39. The first kappa shape index (κ1) is 20.9. The summed E-state index contributed by atoms with van der Waals surface area (Å²) in [5.41, 5.74) is 0.419.